The number of amides is 5. The highest BCUT2D eigenvalue weighted by Crippen LogP contribution is 2.21. The number of nitrogens with zero attached hydrogens (tertiary/aromatic N) is 2. The molecule has 2 aromatic carbocycles. The summed E-state index contributed by atoms with van der Waals surface area (Å²) in [5.74, 6) is -4.99. The molecule has 0 saturated carbocycles. The molecule has 3 rings (SSSR count). The molecule has 0 bridgehead atoms. The summed E-state index contributed by atoms with van der Waals surface area (Å²) in [6.07, 6.45) is 1.93. The van der Waals surface area contributed by atoms with Crippen LogP contribution in [0.5, 0.6) is 0 Å². The van der Waals surface area contributed by atoms with Crippen LogP contribution in [0.25, 0.3) is 10.8 Å². The molecule has 4 atom stereocenters. The summed E-state index contributed by atoms with van der Waals surface area (Å²) in [7, 11) is 0. The van der Waals surface area contributed by atoms with Crippen molar-refractivity contribution >= 4 is 63.8 Å². The lowest BCUT2D eigenvalue weighted by molar-refractivity contribution is -0.146. The molecular weight excluding hydrogens is 656 g/mol. The van der Waals surface area contributed by atoms with Crippen LogP contribution in [-0.2, 0) is 35.2 Å². The second kappa shape index (κ2) is 19.2. The van der Waals surface area contributed by atoms with Crippen LogP contribution in [0.1, 0.15) is 56.9 Å². The fourth-order valence-corrected chi connectivity index (χ4v) is 5.81. The molecule has 1 heterocycles. The fraction of sp³-hybridized carbons (Fsp3) is 0.485. The van der Waals surface area contributed by atoms with Crippen LogP contribution in [-0.4, -0.2) is 94.6 Å². The highest BCUT2D eigenvalue weighted by molar-refractivity contribution is 6.27. The fourth-order valence-electron chi connectivity index (χ4n) is 5.73. The zero-order chi connectivity index (χ0) is 35.9. The number of aliphatic carboxylic acids is 1. The number of primary amides is 1. The molecule has 1 saturated heterocycles. The van der Waals surface area contributed by atoms with Gasteiger partial charge in [0.15, 0.2) is 5.96 Å². The topological polar surface area (TPSA) is 252 Å². The quantitative estimate of drug-likeness (QED) is 0.0486. The normalized spacial score (nSPS) is 16.1. The van der Waals surface area contributed by atoms with E-state index in [9.17, 15) is 33.9 Å². The number of benzene rings is 2. The Hall–Kier alpha value is -4.92. The average molecular weight is 701 g/mol. The zero-order valence-electron chi connectivity index (χ0n) is 27.2. The summed E-state index contributed by atoms with van der Waals surface area (Å²) in [5.41, 5.74) is 17.2. The number of nitrogens with one attached hydrogen (secondary N) is 3. The van der Waals surface area contributed by atoms with E-state index in [1.807, 2.05) is 42.5 Å². The van der Waals surface area contributed by atoms with Gasteiger partial charge in [0.1, 0.15) is 30.0 Å². The Morgan fingerprint density at radius 1 is 0.898 bits per heavy atom. The number of halogens is 1. The molecule has 16 heteroatoms. The third kappa shape index (κ3) is 12.2. The number of alkyl halides is 1. The molecule has 0 radical (unpaired) electrons. The van der Waals surface area contributed by atoms with Crippen molar-refractivity contribution in [2.45, 2.75) is 82.0 Å². The number of aliphatic imine (C=N–C) groups is 1. The predicted molar refractivity (Wildman–Crippen MR) is 184 cm³/mol. The summed E-state index contributed by atoms with van der Waals surface area (Å²) in [6, 6.07) is 9.32. The third-order valence-electron chi connectivity index (χ3n) is 8.26. The number of hydrogen-bond donors (Lipinski definition) is 7. The van der Waals surface area contributed by atoms with Crippen LogP contribution in [0, 0.1) is 0 Å². The Morgan fingerprint density at radius 2 is 1.63 bits per heavy atom. The van der Waals surface area contributed by atoms with Gasteiger partial charge in [-0.1, -0.05) is 42.5 Å². The van der Waals surface area contributed by atoms with E-state index in [0.717, 1.165) is 16.3 Å². The van der Waals surface area contributed by atoms with E-state index in [0.29, 0.717) is 25.7 Å². The second-order valence-electron chi connectivity index (χ2n) is 11.9. The molecule has 1 fully saturated rings. The van der Waals surface area contributed by atoms with E-state index in [-0.39, 0.29) is 44.7 Å². The van der Waals surface area contributed by atoms with Gasteiger partial charge >= 0.3 is 5.97 Å². The van der Waals surface area contributed by atoms with E-state index in [4.69, 9.17) is 28.8 Å². The van der Waals surface area contributed by atoms with E-state index >= 15 is 0 Å². The molecule has 0 spiro atoms. The highest BCUT2D eigenvalue weighted by atomic mass is 35.5. The molecule has 0 aromatic heterocycles. The number of nitrogens with two attached hydrogens (primary N) is 3. The number of guanidine groups is 1. The van der Waals surface area contributed by atoms with Crippen LogP contribution in [0.4, 0.5) is 0 Å². The molecule has 1 aliphatic rings. The van der Waals surface area contributed by atoms with E-state index in [1.165, 1.54) is 4.90 Å². The number of fused-ring (bicyclic) bond motifs is 1. The highest BCUT2D eigenvalue weighted by Gasteiger charge is 2.37. The number of hydrogen-bond acceptors (Lipinski definition) is 7. The van der Waals surface area contributed by atoms with Gasteiger partial charge in [-0.05, 0) is 67.7 Å². The minimum absolute atomic E-state index is 0.110. The maximum Gasteiger partial charge on any atom is 0.303 e. The first-order valence-electron chi connectivity index (χ1n) is 16.2. The Labute approximate surface area is 289 Å². The van der Waals surface area contributed by atoms with Crippen molar-refractivity contribution in [3.05, 3.63) is 48.0 Å². The minimum atomic E-state index is -1.21. The van der Waals surface area contributed by atoms with Gasteiger partial charge in [0, 0.05) is 19.5 Å². The van der Waals surface area contributed by atoms with Crippen LogP contribution in [0.3, 0.4) is 0 Å². The lowest BCUT2D eigenvalue weighted by Crippen LogP contribution is -2.60. The minimum Gasteiger partial charge on any atom is -0.481 e. The molecular formula is C33H45ClN8O7. The van der Waals surface area contributed by atoms with Crippen molar-refractivity contribution in [1.82, 2.24) is 20.9 Å². The maximum absolute atomic E-state index is 13.9. The van der Waals surface area contributed by atoms with Crippen LogP contribution < -0.4 is 33.2 Å². The zero-order valence-corrected chi connectivity index (χ0v) is 28.0. The van der Waals surface area contributed by atoms with Crippen molar-refractivity contribution in [1.29, 1.82) is 0 Å². The van der Waals surface area contributed by atoms with Crippen LogP contribution in [0.15, 0.2) is 47.5 Å². The number of carboxylic acids is 1. The number of carboxylic acid groups (broad SMARTS) is 1. The van der Waals surface area contributed by atoms with E-state index < -0.39 is 72.0 Å². The standard InChI is InChI=1S/C33H45ClN8O7/c34-19-27(43)39-25(14-15-28(44)45)32(49)42-17-4-3-9-26(42)31(48)41-24(13-11-20-10-12-21-6-1-2-7-22(21)18-20)30(47)40-23(29(35)46)8-5-16-38-33(36)37/h1-2,6-7,10,12,18,23-26H,3-5,8-9,11,13-17,19H2,(H2,35,46)(H,39,43)(H,40,47)(H,41,48)(H,44,45)(H4,36,37,38)/t23-,24-,25-,26-/m0/s1. The van der Waals surface area contributed by atoms with Gasteiger partial charge in [0.2, 0.25) is 29.5 Å². The maximum atomic E-state index is 13.9. The molecule has 0 aliphatic carbocycles. The molecule has 10 N–H and O–H groups in total. The largest absolute Gasteiger partial charge is 0.481 e. The van der Waals surface area contributed by atoms with Crippen molar-refractivity contribution in [3.8, 4) is 0 Å². The SMILES string of the molecule is NC(=O)[C@H](CCCN=C(N)N)NC(=O)[C@H](CCc1ccc2ccccc2c1)NC(=O)[C@@H]1CCCCN1C(=O)[C@H](CCC(=O)O)NC(=O)CCl. The average Bonchev–Trinajstić information content (AvgIpc) is 3.08. The van der Waals surface area contributed by atoms with Crippen LogP contribution >= 0.6 is 11.6 Å². The lowest BCUT2D eigenvalue weighted by atomic mass is 9.97. The van der Waals surface area contributed by atoms with Crippen molar-refractivity contribution in [2.75, 3.05) is 19.0 Å². The summed E-state index contributed by atoms with van der Waals surface area (Å²) < 4.78 is 0. The van der Waals surface area contributed by atoms with Crippen molar-refractivity contribution in [2.24, 2.45) is 22.2 Å². The smallest absolute Gasteiger partial charge is 0.303 e. The van der Waals surface area contributed by atoms with Crippen LogP contribution in [0.2, 0.25) is 0 Å². The van der Waals surface area contributed by atoms with E-state index in [2.05, 4.69) is 20.9 Å². The van der Waals surface area contributed by atoms with Gasteiger partial charge in [0.25, 0.3) is 0 Å². The third-order valence-corrected chi connectivity index (χ3v) is 8.51. The number of piperidine rings is 1. The number of carbonyl (C=O) groups is 6. The second-order valence-corrected chi connectivity index (χ2v) is 12.2. The first-order chi connectivity index (χ1) is 23.4. The lowest BCUT2D eigenvalue weighted by Gasteiger charge is -2.37. The van der Waals surface area contributed by atoms with E-state index in [1.54, 1.807) is 0 Å². The van der Waals surface area contributed by atoms with Gasteiger partial charge in [-0.3, -0.25) is 33.8 Å². The molecule has 266 valence electrons. The number of likely N-dealkylation sites (tertiary alicyclic amines) is 1. The summed E-state index contributed by atoms with van der Waals surface area (Å²) >= 11 is 5.62. The summed E-state index contributed by atoms with van der Waals surface area (Å²) in [6.45, 7) is 0.402. The van der Waals surface area contributed by atoms with Gasteiger partial charge in [-0.15, -0.1) is 11.6 Å². The number of aryl methyl sites for hydroxylation is 1. The van der Waals surface area contributed by atoms with Gasteiger partial charge in [-0.2, -0.15) is 0 Å². The molecule has 5 amide bonds. The first kappa shape index (κ1) is 38.5. The Morgan fingerprint density at radius 3 is 2.31 bits per heavy atom. The Kier molecular flexibility index (Phi) is 15.1. The molecule has 2 aromatic rings. The molecule has 49 heavy (non-hydrogen) atoms. The first-order valence-corrected chi connectivity index (χ1v) is 16.7. The van der Waals surface area contributed by atoms with Crippen molar-refractivity contribution < 1.29 is 33.9 Å². The Bertz CT molecular complexity index is 1530. The summed E-state index contributed by atoms with van der Waals surface area (Å²) in [4.78, 5) is 81.9. The Balaban J connectivity index is 1.83. The van der Waals surface area contributed by atoms with Gasteiger partial charge < -0.3 is 43.2 Å². The number of rotatable bonds is 18. The summed E-state index contributed by atoms with van der Waals surface area (Å²) in [5, 5.41) is 19.1. The molecule has 0 unspecified atom stereocenters. The number of carbonyl (C=O) groups excluding carboxylic acids is 5. The van der Waals surface area contributed by atoms with Gasteiger partial charge in [-0.25, -0.2) is 0 Å². The predicted octanol–water partition coefficient (Wildman–Crippen LogP) is 0.250. The molecule has 1 aliphatic heterocycles. The molecule has 15 nitrogen and oxygen atoms in total. The van der Waals surface area contributed by atoms with Crippen molar-refractivity contribution in [3.63, 3.8) is 0 Å². The monoisotopic (exact) mass is 700 g/mol. The van der Waals surface area contributed by atoms with Gasteiger partial charge in [0.05, 0.1) is 0 Å².